The SMILES string of the molecule is Cc1ccc(NC(=O)Cn2nnc(C#N)c2C)cc1Cl. The largest absolute Gasteiger partial charge is 0.324 e. The van der Waals surface area contributed by atoms with Crippen LogP contribution in [0.25, 0.3) is 0 Å². The Balaban J connectivity index is 2.07. The van der Waals surface area contributed by atoms with Crippen molar-refractivity contribution < 1.29 is 4.79 Å². The standard InChI is InChI=1S/C13H12ClN5O/c1-8-3-4-10(5-11(8)14)16-13(20)7-19-9(2)12(6-15)17-18-19/h3-5H,7H2,1-2H3,(H,16,20). The summed E-state index contributed by atoms with van der Waals surface area (Å²) in [6, 6.07) is 7.19. The minimum Gasteiger partial charge on any atom is -0.324 e. The molecule has 1 N–H and O–H groups in total. The van der Waals surface area contributed by atoms with Crippen LogP contribution in [0.1, 0.15) is 17.0 Å². The average Bonchev–Trinajstić information content (AvgIpc) is 2.75. The normalized spacial score (nSPS) is 10.1. The van der Waals surface area contributed by atoms with Gasteiger partial charge in [0.25, 0.3) is 0 Å². The summed E-state index contributed by atoms with van der Waals surface area (Å²) >= 11 is 5.99. The van der Waals surface area contributed by atoms with E-state index in [0.29, 0.717) is 16.4 Å². The third-order valence-electron chi connectivity index (χ3n) is 2.84. The van der Waals surface area contributed by atoms with E-state index in [0.717, 1.165) is 5.56 Å². The lowest BCUT2D eigenvalue weighted by Crippen LogP contribution is -2.20. The summed E-state index contributed by atoms with van der Waals surface area (Å²) in [5, 5.41) is 19.5. The van der Waals surface area contributed by atoms with Crippen molar-refractivity contribution in [1.29, 1.82) is 5.26 Å². The molecule has 1 heterocycles. The zero-order valence-corrected chi connectivity index (χ0v) is 11.8. The molecule has 0 aliphatic heterocycles. The van der Waals surface area contributed by atoms with Gasteiger partial charge in [-0.25, -0.2) is 4.68 Å². The summed E-state index contributed by atoms with van der Waals surface area (Å²) in [6.07, 6.45) is 0. The number of hydrogen-bond donors (Lipinski definition) is 1. The van der Waals surface area contributed by atoms with E-state index < -0.39 is 0 Å². The fraction of sp³-hybridized carbons (Fsp3) is 0.231. The Morgan fingerprint density at radius 1 is 1.50 bits per heavy atom. The number of rotatable bonds is 3. The van der Waals surface area contributed by atoms with Gasteiger partial charge in [0.1, 0.15) is 12.6 Å². The van der Waals surface area contributed by atoms with Gasteiger partial charge in [-0.05, 0) is 31.5 Å². The number of carbonyl (C=O) groups is 1. The molecule has 1 aromatic carbocycles. The van der Waals surface area contributed by atoms with Gasteiger partial charge in [0.2, 0.25) is 5.91 Å². The number of anilines is 1. The molecule has 0 saturated carbocycles. The van der Waals surface area contributed by atoms with Crippen LogP contribution in [-0.4, -0.2) is 20.9 Å². The van der Waals surface area contributed by atoms with Crippen molar-refractivity contribution in [2.45, 2.75) is 20.4 Å². The first-order chi connectivity index (χ1) is 9.51. The van der Waals surface area contributed by atoms with Crippen LogP contribution < -0.4 is 5.32 Å². The van der Waals surface area contributed by atoms with E-state index in [1.54, 1.807) is 19.1 Å². The van der Waals surface area contributed by atoms with E-state index in [9.17, 15) is 4.79 Å². The van der Waals surface area contributed by atoms with E-state index in [1.807, 2.05) is 19.1 Å². The summed E-state index contributed by atoms with van der Waals surface area (Å²) in [5.74, 6) is -0.262. The Labute approximate surface area is 121 Å². The summed E-state index contributed by atoms with van der Waals surface area (Å²) in [4.78, 5) is 11.9. The number of nitriles is 1. The molecule has 20 heavy (non-hydrogen) atoms. The number of nitrogens with zero attached hydrogens (tertiary/aromatic N) is 4. The van der Waals surface area contributed by atoms with Gasteiger partial charge < -0.3 is 5.32 Å². The lowest BCUT2D eigenvalue weighted by Gasteiger charge is -2.07. The molecule has 0 spiro atoms. The second-order valence-corrected chi connectivity index (χ2v) is 4.71. The molecule has 7 heteroatoms. The number of hydrogen-bond acceptors (Lipinski definition) is 4. The zero-order valence-electron chi connectivity index (χ0n) is 11.0. The maximum atomic E-state index is 11.9. The number of halogens is 1. The Hall–Kier alpha value is -2.39. The van der Waals surface area contributed by atoms with E-state index in [2.05, 4.69) is 15.6 Å². The number of aryl methyl sites for hydroxylation is 1. The number of nitrogens with one attached hydrogen (secondary N) is 1. The molecule has 0 aliphatic carbocycles. The third kappa shape index (κ3) is 2.95. The summed E-state index contributed by atoms with van der Waals surface area (Å²) < 4.78 is 1.38. The van der Waals surface area contributed by atoms with Crippen molar-refractivity contribution in [2.75, 3.05) is 5.32 Å². The van der Waals surface area contributed by atoms with E-state index in [1.165, 1.54) is 4.68 Å². The molecule has 2 aromatic rings. The quantitative estimate of drug-likeness (QED) is 0.937. The van der Waals surface area contributed by atoms with Crippen molar-refractivity contribution in [1.82, 2.24) is 15.0 Å². The lowest BCUT2D eigenvalue weighted by molar-refractivity contribution is -0.117. The third-order valence-corrected chi connectivity index (χ3v) is 3.24. The van der Waals surface area contributed by atoms with Gasteiger partial charge in [0.05, 0.1) is 5.69 Å². The predicted molar refractivity (Wildman–Crippen MR) is 74.3 cm³/mol. The van der Waals surface area contributed by atoms with Gasteiger partial charge >= 0.3 is 0 Å². The minimum atomic E-state index is -0.262. The van der Waals surface area contributed by atoms with Crippen molar-refractivity contribution in [2.24, 2.45) is 0 Å². The van der Waals surface area contributed by atoms with Crippen LogP contribution in [0.15, 0.2) is 18.2 Å². The summed E-state index contributed by atoms with van der Waals surface area (Å²) in [5.41, 5.74) is 2.33. The highest BCUT2D eigenvalue weighted by molar-refractivity contribution is 6.31. The first-order valence-corrected chi connectivity index (χ1v) is 6.25. The molecule has 0 atom stereocenters. The summed E-state index contributed by atoms with van der Waals surface area (Å²) in [7, 11) is 0. The maximum absolute atomic E-state index is 11.9. The van der Waals surface area contributed by atoms with Crippen LogP contribution >= 0.6 is 11.6 Å². The number of carbonyl (C=O) groups excluding carboxylic acids is 1. The molecular weight excluding hydrogens is 278 g/mol. The first kappa shape index (κ1) is 14.0. The van der Waals surface area contributed by atoms with E-state index >= 15 is 0 Å². The minimum absolute atomic E-state index is 0.00793. The van der Waals surface area contributed by atoms with Crippen molar-refractivity contribution >= 4 is 23.2 Å². The molecule has 0 unspecified atom stereocenters. The highest BCUT2D eigenvalue weighted by Crippen LogP contribution is 2.19. The number of aromatic nitrogens is 3. The molecule has 0 radical (unpaired) electrons. The Morgan fingerprint density at radius 3 is 2.85 bits per heavy atom. The van der Waals surface area contributed by atoms with Gasteiger partial charge in [0.15, 0.2) is 5.69 Å². The predicted octanol–water partition coefficient (Wildman–Crippen LogP) is 2.06. The number of amides is 1. The second-order valence-electron chi connectivity index (χ2n) is 4.31. The van der Waals surface area contributed by atoms with Crippen LogP contribution in [0.3, 0.4) is 0 Å². The van der Waals surface area contributed by atoms with E-state index in [-0.39, 0.29) is 18.1 Å². The highest BCUT2D eigenvalue weighted by atomic mass is 35.5. The van der Waals surface area contributed by atoms with Gasteiger partial charge in [-0.2, -0.15) is 5.26 Å². The fourth-order valence-electron chi connectivity index (χ4n) is 1.62. The number of benzene rings is 1. The van der Waals surface area contributed by atoms with Gasteiger partial charge in [-0.1, -0.05) is 22.9 Å². The molecule has 2 rings (SSSR count). The molecule has 102 valence electrons. The first-order valence-electron chi connectivity index (χ1n) is 5.87. The van der Waals surface area contributed by atoms with E-state index in [4.69, 9.17) is 16.9 Å². The van der Waals surface area contributed by atoms with Crippen LogP contribution in [-0.2, 0) is 11.3 Å². The average molecular weight is 290 g/mol. The smallest absolute Gasteiger partial charge is 0.246 e. The highest BCUT2D eigenvalue weighted by Gasteiger charge is 2.11. The zero-order chi connectivity index (χ0) is 14.7. The lowest BCUT2D eigenvalue weighted by atomic mass is 10.2. The fourth-order valence-corrected chi connectivity index (χ4v) is 1.80. The molecule has 6 nitrogen and oxygen atoms in total. The Kier molecular flexibility index (Phi) is 4.01. The molecule has 1 amide bonds. The van der Waals surface area contributed by atoms with Gasteiger partial charge in [-0.3, -0.25) is 4.79 Å². The second kappa shape index (κ2) is 5.72. The maximum Gasteiger partial charge on any atom is 0.246 e. The van der Waals surface area contributed by atoms with Crippen LogP contribution in [0.2, 0.25) is 5.02 Å². The molecule has 0 saturated heterocycles. The van der Waals surface area contributed by atoms with Gasteiger partial charge in [-0.15, -0.1) is 5.10 Å². The Bertz CT molecular complexity index is 701. The van der Waals surface area contributed by atoms with Crippen molar-refractivity contribution in [3.8, 4) is 6.07 Å². The molecule has 0 aliphatic rings. The van der Waals surface area contributed by atoms with Crippen molar-refractivity contribution in [3.05, 3.63) is 40.2 Å². The van der Waals surface area contributed by atoms with Crippen LogP contribution in [0, 0.1) is 25.2 Å². The van der Waals surface area contributed by atoms with Crippen molar-refractivity contribution in [3.63, 3.8) is 0 Å². The monoisotopic (exact) mass is 289 g/mol. The Morgan fingerprint density at radius 2 is 2.25 bits per heavy atom. The van der Waals surface area contributed by atoms with Crippen LogP contribution in [0.5, 0.6) is 0 Å². The summed E-state index contributed by atoms with van der Waals surface area (Å²) in [6.45, 7) is 3.57. The molecule has 1 aromatic heterocycles. The molecule has 0 bridgehead atoms. The topological polar surface area (TPSA) is 83.6 Å². The van der Waals surface area contributed by atoms with Gasteiger partial charge in [0, 0.05) is 10.7 Å². The van der Waals surface area contributed by atoms with Crippen LogP contribution in [0.4, 0.5) is 5.69 Å². The molecule has 0 fully saturated rings. The molecular formula is C13H12ClN5O.